The summed E-state index contributed by atoms with van der Waals surface area (Å²) < 4.78 is 0. The Kier molecular flexibility index (Phi) is 6.71. The second kappa shape index (κ2) is 9.24. The summed E-state index contributed by atoms with van der Waals surface area (Å²) in [6.07, 6.45) is 4.76. The molecule has 0 aromatic carbocycles. The molecule has 3 rings (SSSR count). The van der Waals surface area contributed by atoms with Gasteiger partial charge in [-0.05, 0) is 43.4 Å². The van der Waals surface area contributed by atoms with Crippen molar-refractivity contribution in [3.8, 4) is 0 Å². The Morgan fingerprint density at radius 1 is 1.24 bits per heavy atom. The van der Waals surface area contributed by atoms with E-state index in [1.807, 2.05) is 24.0 Å². The minimum Gasteiger partial charge on any atom is -0.352 e. The number of amides is 4. The van der Waals surface area contributed by atoms with Gasteiger partial charge in [0.25, 0.3) is 0 Å². The predicted octanol–water partition coefficient (Wildman–Crippen LogP) is 1.37. The summed E-state index contributed by atoms with van der Waals surface area (Å²) in [7, 11) is 0. The number of nitrogens with zero attached hydrogens (tertiary/aromatic N) is 3. The summed E-state index contributed by atoms with van der Waals surface area (Å²) in [4.78, 5) is 45.6. The topological polar surface area (TPSA) is 94.6 Å². The van der Waals surface area contributed by atoms with Crippen molar-refractivity contribution in [3.05, 3.63) is 30.1 Å². The molecule has 0 bridgehead atoms. The van der Waals surface area contributed by atoms with Crippen molar-refractivity contribution < 1.29 is 14.4 Å². The zero-order valence-corrected chi connectivity index (χ0v) is 17.4. The number of pyridine rings is 1. The lowest BCUT2D eigenvalue weighted by molar-refractivity contribution is -0.139. The van der Waals surface area contributed by atoms with Crippen LogP contribution in [-0.4, -0.2) is 64.3 Å². The van der Waals surface area contributed by atoms with Crippen LogP contribution in [0.15, 0.2) is 24.5 Å². The molecule has 2 saturated heterocycles. The fourth-order valence-electron chi connectivity index (χ4n) is 4.42. The van der Waals surface area contributed by atoms with Crippen LogP contribution in [0.4, 0.5) is 4.79 Å². The van der Waals surface area contributed by atoms with Crippen LogP contribution in [-0.2, 0) is 16.1 Å². The summed E-state index contributed by atoms with van der Waals surface area (Å²) in [5.74, 6) is 0.00708. The van der Waals surface area contributed by atoms with E-state index in [1.54, 1.807) is 17.3 Å². The Balaban J connectivity index is 1.72. The fraction of sp³-hybridized carbons (Fsp3) is 0.619. The summed E-state index contributed by atoms with van der Waals surface area (Å²) in [6.45, 7) is 7.57. The Morgan fingerprint density at radius 2 is 1.97 bits per heavy atom. The van der Waals surface area contributed by atoms with E-state index in [-0.39, 0.29) is 42.4 Å². The molecule has 8 heteroatoms. The first kappa shape index (κ1) is 21.1. The van der Waals surface area contributed by atoms with E-state index in [0.29, 0.717) is 32.0 Å². The maximum absolute atomic E-state index is 13.0. The van der Waals surface area contributed by atoms with Gasteiger partial charge in [-0.15, -0.1) is 0 Å². The average molecular weight is 402 g/mol. The SMILES string of the molecule is CCNC(=O)N1CC(=O)N2[C@@H](C[C@H](C(=O)NCc3ccncc3)[C@@H]2CC(C)C)C1. The van der Waals surface area contributed by atoms with Gasteiger partial charge < -0.3 is 20.4 Å². The third kappa shape index (κ3) is 4.86. The molecule has 2 N–H and O–H groups in total. The smallest absolute Gasteiger partial charge is 0.317 e. The number of hydrogen-bond donors (Lipinski definition) is 2. The highest BCUT2D eigenvalue weighted by atomic mass is 16.2. The summed E-state index contributed by atoms with van der Waals surface area (Å²) in [5.41, 5.74) is 0.989. The van der Waals surface area contributed by atoms with Crippen molar-refractivity contribution in [3.63, 3.8) is 0 Å². The number of urea groups is 1. The molecule has 0 saturated carbocycles. The molecule has 0 aliphatic carbocycles. The van der Waals surface area contributed by atoms with Gasteiger partial charge in [0, 0.05) is 38.1 Å². The van der Waals surface area contributed by atoms with Crippen LogP contribution in [0.3, 0.4) is 0 Å². The van der Waals surface area contributed by atoms with E-state index in [9.17, 15) is 14.4 Å². The Labute approximate surface area is 172 Å². The number of aromatic nitrogens is 1. The molecule has 2 aliphatic heterocycles. The second-order valence-electron chi connectivity index (χ2n) is 8.28. The molecule has 0 unspecified atom stereocenters. The van der Waals surface area contributed by atoms with E-state index in [1.165, 1.54) is 0 Å². The molecule has 3 atom stereocenters. The molecule has 3 heterocycles. The second-order valence-corrected chi connectivity index (χ2v) is 8.28. The number of piperazine rings is 1. The molecule has 2 aliphatic rings. The zero-order valence-electron chi connectivity index (χ0n) is 17.4. The minimum atomic E-state index is -0.262. The highest BCUT2D eigenvalue weighted by Crippen LogP contribution is 2.36. The van der Waals surface area contributed by atoms with Crippen LogP contribution in [0.2, 0.25) is 0 Å². The van der Waals surface area contributed by atoms with E-state index in [0.717, 1.165) is 12.0 Å². The minimum absolute atomic E-state index is 0.0285. The zero-order chi connectivity index (χ0) is 21.0. The van der Waals surface area contributed by atoms with Gasteiger partial charge in [-0.2, -0.15) is 0 Å². The van der Waals surface area contributed by atoms with Crippen LogP contribution in [0.25, 0.3) is 0 Å². The normalized spacial score (nSPS) is 23.9. The number of carbonyl (C=O) groups excluding carboxylic acids is 3. The average Bonchev–Trinajstić information content (AvgIpc) is 3.05. The Hall–Kier alpha value is -2.64. The van der Waals surface area contributed by atoms with Crippen molar-refractivity contribution in [1.29, 1.82) is 0 Å². The number of nitrogens with one attached hydrogen (secondary N) is 2. The lowest BCUT2D eigenvalue weighted by Crippen LogP contribution is -2.59. The van der Waals surface area contributed by atoms with Crippen LogP contribution >= 0.6 is 0 Å². The third-order valence-electron chi connectivity index (χ3n) is 5.67. The molecule has 1 aromatic rings. The maximum Gasteiger partial charge on any atom is 0.317 e. The van der Waals surface area contributed by atoms with Gasteiger partial charge >= 0.3 is 6.03 Å². The predicted molar refractivity (Wildman–Crippen MR) is 109 cm³/mol. The molecular weight excluding hydrogens is 370 g/mol. The van der Waals surface area contributed by atoms with Gasteiger partial charge in [0.1, 0.15) is 6.54 Å². The van der Waals surface area contributed by atoms with Crippen LogP contribution in [0.1, 0.15) is 39.2 Å². The van der Waals surface area contributed by atoms with Crippen LogP contribution in [0.5, 0.6) is 0 Å². The molecule has 1 aromatic heterocycles. The molecule has 0 spiro atoms. The van der Waals surface area contributed by atoms with Crippen LogP contribution in [0, 0.1) is 11.8 Å². The third-order valence-corrected chi connectivity index (χ3v) is 5.67. The Morgan fingerprint density at radius 3 is 2.62 bits per heavy atom. The standard InChI is InChI=1S/C21H31N5O3/c1-4-23-21(29)25-12-16-10-17(18(9-14(2)3)26(16)19(27)13-25)20(28)24-11-15-5-7-22-8-6-15/h5-8,14,16-18H,4,9-13H2,1-3H3,(H,23,29)(H,24,28)/t16-,17-,18-/m0/s1. The monoisotopic (exact) mass is 401 g/mol. The van der Waals surface area contributed by atoms with E-state index in [2.05, 4.69) is 29.5 Å². The first-order chi connectivity index (χ1) is 13.9. The molecule has 29 heavy (non-hydrogen) atoms. The van der Waals surface area contributed by atoms with Gasteiger partial charge in [-0.1, -0.05) is 13.8 Å². The van der Waals surface area contributed by atoms with Crippen molar-refractivity contribution in [2.24, 2.45) is 11.8 Å². The first-order valence-electron chi connectivity index (χ1n) is 10.4. The summed E-state index contributed by atoms with van der Waals surface area (Å²) in [6, 6.07) is 3.29. The number of hydrogen-bond acceptors (Lipinski definition) is 4. The Bertz CT molecular complexity index is 739. The van der Waals surface area contributed by atoms with Gasteiger partial charge in [0.05, 0.1) is 12.0 Å². The molecule has 158 valence electrons. The van der Waals surface area contributed by atoms with Gasteiger partial charge in [-0.25, -0.2) is 4.79 Å². The maximum atomic E-state index is 13.0. The molecule has 0 radical (unpaired) electrons. The fourth-order valence-corrected chi connectivity index (χ4v) is 4.42. The first-order valence-corrected chi connectivity index (χ1v) is 10.4. The molecule has 4 amide bonds. The number of rotatable bonds is 6. The van der Waals surface area contributed by atoms with Crippen LogP contribution < -0.4 is 10.6 Å². The van der Waals surface area contributed by atoms with E-state index < -0.39 is 0 Å². The van der Waals surface area contributed by atoms with Gasteiger partial charge in [0.2, 0.25) is 11.8 Å². The molecular formula is C21H31N5O3. The summed E-state index contributed by atoms with van der Waals surface area (Å²) in [5, 5.41) is 5.79. The van der Waals surface area contributed by atoms with Gasteiger partial charge in [-0.3, -0.25) is 14.6 Å². The highest BCUT2D eigenvalue weighted by Gasteiger charge is 2.50. The van der Waals surface area contributed by atoms with Crippen molar-refractivity contribution >= 4 is 17.8 Å². The molecule has 2 fully saturated rings. The van der Waals surface area contributed by atoms with E-state index in [4.69, 9.17) is 0 Å². The van der Waals surface area contributed by atoms with Crippen molar-refractivity contribution in [1.82, 2.24) is 25.4 Å². The lowest BCUT2D eigenvalue weighted by atomic mass is 9.91. The quantitative estimate of drug-likeness (QED) is 0.753. The largest absolute Gasteiger partial charge is 0.352 e. The van der Waals surface area contributed by atoms with Crippen molar-refractivity contribution in [2.75, 3.05) is 19.6 Å². The lowest BCUT2D eigenvalue weighted by Gasteiger charge is -2.40. The summed E-state index contributed by atoms with van der Waals surface area (Å²) >= 11 is 0. The highest BCUT2D eigenvalue weighted by molar-refractivity contribution is 5.88. The number of fused-ring (bicyclic) bond motifs is 1. The number of carbonyl (C=O) groups is 3. The van der Waals surface area contributed by atoms with E-state index >= 15 is 0 Å². The van der Waals surface area contributed by atoms with Crippen molar-refractivity contribution in [2.45, 2.75) is 52.2 Å². The molecule has 8 nitrogen and oxygen atoms in total. The van der Waals surface area contributed by atoms with Gasteiger partial charge in [0.15, 0.2) is 0 Å².